The van der Waals surface area contributed by atoms with Crippen molar-refractivity contribution in [3.8, 4) is 0 Å². The van der Waals surface area contributed by atoms with Crippen LogP contribution in [0.25, 0.3) is 10.9 Å². The Bertz CT molecular complexity index is 944. The minimum atomic E-state index is -0.556. The first-order valence-corrected chi connectivity index (χ1v) is 8.55. The summed E-state index contributed by atoms with van der Waals surface area (Å²) in [6.45, 7) is 2.04. The van der Waals surface area contributed by atoms with E-state index in [0.717, 1.165) is 11.1 Å². The highest BCUT2D eigenvalue weighted by Gasteiger charge is 2.17. The third-order valence-corrected chi connectivity index (χ3v) is 4.11. The maximum Gasteiger partial charge on any atom is 0.338 e. The number of likely N-dealkylation sites (N-methyl/N-ethyl adjacent to an activating group) is 1. The Balaban J connectivity index is 1.68. The second-order valence-electron chi connectivity index (χ2n) is 5.59. The lowest BCUT2D eigenvalue weighted by Crippen LogP contribution is -2.34. The number of halogens is 1. The molecule has 5 nitrogen and oxygen atoms in total. The van der Waals surface area contributed by atoms with Crippen LogP contribution in [0.15, 0.2) is 60.7 Å². The van der Waals surface area contributed by atoms with E-state index in [1.807, 2.05) is 37.3 Å². The number of aromatic nitrogens is 1. The molecule has 0 N–H and O–H groups in total. The number of esters is 1. The summed E-state index contributed by atoms with van der Waals surface area (Å²) in [4.78, 5) is 30.4. The first kappa shape index (κ1) is 17.9. The maximum atomic E-state index is 12.4. The van der Waals surface area contributed by atoms with Crippen LogP contribution in [0.2, 0.25) is 5.15 Å². The monoisotopic (exact) mass is 368 g/mol. The normalized spacial score (nSPS) is 10.5. The van der Waals surface area contributed by atoms with E-state index in [4.69, 9.17) is 16.3 Å². The van der Waals surface area contributed by atoms with E-state index < -0.39 is 5.97 Å². The lowest BCUT2D eigenvalue weighted by Gasteiger charge is -2.20. The summed E-state index contributed by atoms with van der Waals surface area (Å²) >= 11 is 5.85. The third kappa shape index (κ3) is 4.00. The van der Waals surface area contributed by atoms with Crippen LogP contribution >= 0.6 is 11.6 Å². The molecule has 0 saturated heterocycles. The van der Waals surface area contributed by atoms with Gasteiger partial charge >= 0.3 is 5.97 Å². The smallest absolute Gasteiger partial charge is 0.338 e. The average Bonchev–Trinajstić information content (AvgIpc) is 2.67. The van der Waals surface area contributed by atoms with Gasteiger partial charge in [-0.2, -0.15) is 0 Å². The number of carbonyl (C=O) groups is 2. The van der Waals surface area contributed by atoms with E-state index in [1.54, 1.807) is 35.2 Å². The molecular weight excluding hydrogens is 352 g/mol. The second kappa shape index (κ2) is 7.97. The average molecular weight is 369 g/mol. The zero-order valence-electron chi connectivity index (χ0n) is 14.2. The number of amides is 1. The van der Waals surface area contributed by atoms with E-state index >= 15 is 0 Å². The van der Waals surface area contributed by atoms with Crippen molar-refractivity contribution in [2.24, 2.45) is 0 Å². The number of pyridine rings is 1. The molecule has 0 aliphatic carbocycles. The second-order valence-corrected chi connectivity index (χ2v) is 5.98. The van der Waals surface area contributed by atoms with E-state index in [0.29, 0.717) is 22.8 Å². The lowest BCUT2D eigenvalue weighted by atomic mass is 10.1. The molecule has 6 heteroatoms. The first-order chi connectivity index (χ1) is 12.6. The Labute approximate surface area is 156 Å². The van der Waals surface area contributed by atoms with Gasteiger partial charge in [-0.3, -0.25) is 4.79 Å². The summed E-state index contributed by atoms with van der Waals surface area (Å²) in [5.41, 5.74) is 1.81. The summed E-state index contributed by atoms with van der Waals surface area (Å²) in [6, 6.07) is 17.7. The molecule has 26 heavy (non-hydrogen) atoms. The van der Waals surface area contributed by atoms with Crippen LogP contribution < -0.4 is 4.90 Å². The van der Waals surface area contributed by atoms with Crippen molar-refractivity contribution in [1.29, 1.82) is 0 Å². The number of para-hydroxylation sites is 1. The van der Waals surface area contributed by atoms with E-state index in [2.05, 4.69) is 4.98 Å². The standard InChI is InChI=1S/C20H17ClN2O3/c1-2-23(16-6-4-3-5-7-16)19(24)13-26-20(25)15-8-10-17-14(12-15)9-11-18(21)22-17/h3-12H,2,13H2,1H3. The van der Waals surface area contributed by atoms with Crippen molar-refractivity contribution in [1.82, 2.24) is 4.98 Å². The van der Waals surface area contributed by atoms with Gasteiger partial charge in [0.05, 0.1) is 11.1 Å². The van der Waals surface area contributed by atoms with E-state index in [1.165, 1.54) is 0 Å². The Morgan fingerprint density at radius 2 is 1.85 bits per heavy atom. The Hall–Kier alpha value is -2.92. The summed E-state index contributed by atoms with van der Waals surface area (Å²) in [5.74, 6) is -0.833. The number of ether oxygens (including phenoxy) is 1. The maximum absolute atomic E-state index is 12.4. The van der Waals surface area contributed by atoms with Crippen molar-refractivity contribution in [2.75, 3.05) is 18.1 Å². The highest BCUT2D eigenvalue weighted by atomic mass is 35.5. The molecule has 0 spiro atoms. The first-order valence-electron chi connectivity index (χ1n) is 8.17. The SMILES string of the molecule is CCN(C(=O)COC(=O)c1ccc2nc(Cl)ccc2c1)c1ccccc1. The fraction of sp³-hybridized carbons (Fsp3) is 0.150. The molecule has 132 valence electrons. The molecular formula is C20H17ClN2O3. The van der Waals surface area contributed by atoms with Crippen LogP contribution in [0, 0.1) is 0 Å². The molecule has 2 aromatic carbocycles. The quantitative estimate of drug-likeness (QED) is 0.502. The molecule has 0 fully saturated rings. The van der Waals surface area contributed by atoms with Crippen LogP contribution in [0.3, 0.4) is 0 Å². The number of hydrogen-bond donors (Lipinski definition) is 0. The van der Waals surface area contributed by atoms with Gasteiger partial charge in [-0.25, -0.2) is 9.78 Å². The number of benzene rings is 2. The molecule has 0 radical (unpaired) electrons. The van der Waals surface area contributed by atoms with Gasteiger partial charge in [0.2, 0.25) is 0 Å². The molecule has 1 amide bonds. The van der Waals surface area contributed by atoms with Crippen LogP contribution in [0.5, 0.6) is 0 Å². The zero-order valence-corrected chi connectivity index (χ0v) is 14.9. The molecule has 0 atom stereocenters. The Morgan fingerprint density at radius 1 is 1.08 bits per heavy atom. The molecule has 1 aromatic heterocycles. The summed E-state index contributed by atoms with van der Waals surface area (Å²) in [6.07, 6.45) is 0. The lowest BCUT2D eigenvalue weighted by molar-refractivity contribution is -0.121. The minimum Gasteiger partial charge on any atom is -0.452 e. The number of anilines is 1. The topological polar surface area (TPSA) is 59.5 Å². The fourth-order valence-corrected chi connectivity index (χ4v) is 2.78. The highest BCUT2D eigenvalue weighted by Crippen LogP contribution is 2.18. The van der Waals surface area contributed by atoms with Gasteiger partial charge in [-0.05, 0) is 49.4 Å². The Kier molecular flexibility index (Phi) is 5.49. The van der Waals surface area contributed by atoms with Crippen molar-refractivity contribution in [3.05, 3.63) is 71.4 Å². The third-order valence-electron chi connectivity index (χ3n) is 3.90. The van der Waals surface area contributed by atoms with Crippen molar-refractivity contribution < 1.29 is 14.3 Å². The van der Waals surface area contributed by atoms with Crippen LogP contribution in [-0.2, 0) is 9.53 Å². The van der Waals surface area contributed by atoms with Crippen LogP contribution in [-0.4, -0.2) is 30.0 Å². The van der Waals surface area contributed by atoms with Gasteiger partial charge < -0.3 is 9.64 Å². The van der Waals surface area contributed by atoms with E-state index in [9.17, 15) is 9.59 Å². The van der Waals surface area contributed by atoms with Gasteiger partial charge in [0, 0.05) is 17.6 Å². The van der Waals surface area contributed by atoms with Gasteiger partial charge in [0.1, 0.15) is 5.15 Å². The molecule has 0 saturated carbocycles. The highest BCUT2D eigenvalue weighted by molar-refractivity contribution is 6.29. The largest absolute Gasteiger partial charge is 0.452 e. The summed E-state index contributed by atoms with van der Waals surface area (Å²) in [5, 5.41) is 1.16. The number of carbonyl (C=O) groups excluding carboxylic acids is 2. The van der Waals surface area contributed by atoms with Crippen LogP contribution in [0.1, 0.15) is 17.3 Å². The van der Waals surface area contributed by atoms with Gasteiger partial charge in [0.25, 0.3) is 5.91 Å². The van der Waals surface area contributed by atoms with E-state index in [-0.39, 0.29) is 12.5 Å². The molecule has 0 bridgehead atoms. The molecule has 0 unspecified atom stereocenters. The number of rotatable bonds is 5. The number of hydrogen-bond acceptors (Lipinski definition) is 4. The number of nitrogens with zero attached hydrogens (tertiary/aromatic N) is 2. The molecule has 1 heterocycles. The fourth-order valence-electron chi connectivity index (χ4n) is 2.63. The Morgan fingerprint density at radius 3 is 2.58 bits per heavy atom. The molecule has 0 aliphatic rings. The van der Waals surface area contributed by atoms with Crippen molar-refractivity contribution in [3.63, 3.8) is 0 Å². The summed E-state index contributed by atoms with van der Waals surface area (Å²) in [7, 11) is 0. The molecule has 3 rings (SSSR count). The molecule has 0 aliphatic heterocycles. The molecule has 3 aromatic rings. The minimum absolute atomic E-state index is 0.277. The predicted molar refractivity (Wildman–Crippen MR) is 102 cm³/mol. The van der Waals surface area contributed by atoms with Crippen LogP contribution in [0.4, 0.5) is 5.69 Å². The van der Waals surface area contributed by atoms with Gasteiger partial charge in [-0.1, -0.05) is 29.8 Å². The van der Waals surface area contributed by atoms with Gasteiger partial charge in [0.15, 0.2) is 6.61 Å². The van der Waals surface area contributed by atoms with Crippen molar-refractivity contribution >= 4 is 40.1 Å². The van der Waals surface area contributed by atoms with Gasteiger partial charge in [-0.15, -0.1) is 0 Å². The predicted octanol–water partition coefficient (Wildman–Crippen LogP) is 4.10. The summed E-state index contributed by atoms with van der Waals surface area (Å²) < 4.78 is 5.19. The number of fused-ring (bicyclic) bond motifs is 1. The van der Waals surface area contributed by atoms with Crippen molar-refractivity contribution in [2.45, 2.75) is 6.92 Å². The zero-order chi connectivity index (χ0) is 18.5.